The van der Waals surface area contributed by atoms with Crippen LogP contribution in [0.3, 0.4) is 0 Å². The summed E-state index contributed by atoms with van der Waals surface area (Å²) in [5, 5.41) is 9.52. The largest absolute Gasteiger partial charge is 0.350 e. The topological polar surface area (TPSA) is 47.9 Å². The number of likely N-dealkylation sites (tertiary alicyclic amines) is 1. The molecule has 1 aromatic carbocycles. The number of hydrogen-bond donors (Lipinski definition) is 1. The minimum absolute atomic E-state index is 0.00343. The van der Waals surface area contributed by atoms with Gasteiger partial charge in [-0.2, -0.15) is 5.10 Å². The molecule has 1 aromatic rings. The van der Waals surface area contributed by atoms with Crippen molar-refractivity contribution >= 4 is 17.3 Å². The standard InChI is InChI=1S/C18H26N4O/c1-14-9-12-22(20-14)17-7-5-16(6-8-17)18(23)19-13-15(2)21-10-3-4-11-21/h5-8,15H,3-4,9-13H2,1-2H3,(H,19,23)/t15-/m1/s1. The summed E-state index contributed by atoms with van der Waals surface area (Å²) in [7, 11) is 0. The number of carbonyl (C=O) groups is 1. The summed E-state index contributed by atoms with van der Waals surface area (Å²) >= 11 is 0. The maximum absolute atomic E-state index is 12.3. The van der Waals surface area contributed by atoms with Crippen molar-refractivity contribution in [3.63, 3.8) is 0 Å². The molecule has 0 aromatic heterocycles. The third-order valence-corrected chi connectivity index (χ3v) is 4.73. The van der Waals surface area contributed by atoms with Gasteiger partial charge in [0.2, 0.25) is 0 Å². The number of hydrogen-bond acceptors (Lipinski definition) is 4. The van der Waals surface area contributed by atoms with Crippen molar-refractivity contribution in [3.05, 3.63) is 29.8 Å². The van der Waals surface area contributed by atoms with Crippen LogP contribution in [-0.4, -0.2) is 48.7 Å². The molecule has 23 heavy (non-hydrogen) atoms. The number of rotatable bonds is 5. The van der Waals surface area contributed by atoms with Crippen molar-refractivity contribution < 1.29 is 4.79 Å². The predicted octanol–water partition coefficient (Wildman–Crippen LogP) is 2.49. The Kier molecular flexibility index (Phi) is 4.96. The summed E-state index contributed by atoms with van der Waals surface area (Å²) in [5.74, 6) is 0.00343. The number of amides is 1. The van der Waals surface area contributed by atoms with E-state index in [4.69, 9.17) is 0 Å². The maximum Gasteiger partial charge on any atom is 0.251 e. The fourth-order valence-electron chi connectivity index (χ4n) is 3.20. The molecule has 0 aliphatic carbocycles. The second-order valence-corrected chi connectivity index (χ2v) is 6.56. The van der Waals surface area contributed by atoms with Crippen molar-refractivity contribution in [2.45, 2.75) is 39.2 Å². The van der Waals surface area contributed by atoms with Gasteiger partial charge in [0, 0.05) is 36.8 Å². The molecule has 0 spiro atoms. The zero-order chi connectivity index (χ0) is 16.2. The van der Waals surface area contributed by atoms with Gasteiger partial charge in [-0.25, -0.2) is 0 Å². The average molecular weight is 314 g/mol. The smallest absolute Gasteiger partial charge is 0.251 e. The third-order valence-electron chi connectivity index (χ3n) is 4.73. The Balaban J connectivity index is 1.53. The van der Waals surface area contributed by atoms with Gasteiger partial charge in [-0.15, -0.1) is 0 Å². The van der Waals surface area contributed by atoms with Gasteiger partial charge < -0.3 is 5.32 Å². The average Bonchev–Trinajstić information content (AvgIpc) is 3.24. The van der Waals surface area contributed by atoms with E-state index in [1.165, 1.54) is 12.8 Å². The normalized spacial score (nSPS) is 19.7. The van der Waals surface area contributed by atoms with Gasteiger partial charge in [-0.3, -0.25) is 14.7 Å². The second kappa shape index (κ2) is 7.13. The molecular formula is C18H26N4O. The van der Waals surface area contributed by atoms with Crippen LogP contribution in [0.5, 0.6) is 0 Å². The molecule has 0 radical (unpaired) electrons. The van der Waals surface area contributed by atoms with E-state index < -0.39 is 0 Å². The van der Waals surface area contributed by atoms with Gasteiger partial charge in [0.1, 0.15) is 0 Å². The van der Waals surface area contributed by atoms with Gasteiger partial charge in [0.05, 0.1) is 5.69 Å². The molecule has 5 nitrogen and oxygen atoms in total. The summed E-state index contributed by atoms with van der Waals surface area (Å²) in [6, 6.07) is 8.12. The lowest BCUT2D eigenvalue weighted by Crippen LogP contribution is -2.40. The zero-order valence-corrected chi connectivity index (χ0v) is 14.1. The van der Waals surface area contributed by atoms with Crippen LogP contribution in [0.2, 0.25) is 0 Å². The van der Waals surface area contributed by atoms with E-state index in [1.807, 2.05) is 36.2 Å². The Morgan fingerprint density at radius 1 is 1.22 bits per heavy atom. The lowest BCUT2D eigenvalue weighted by atomic mass is 10.2. The van der Waals surface area contributed by atoms with E-state index in [1.54, 1.807) is 0 Å². The van der Waals surface area contributed by atoms with Gasteiger partial charge in [-0.1, -0.05) is 0 Å². The van der Waals surface area contributed by atoms with Gasteiger partial charge >= 0.3 is 0 Å². The third kappa shape index (κ3) is 3.91. The van der Waals surface area contributed by atoms with Crippen molar-refractivity contribution in [2.24, 2.45) is 5.10 Å². The van der Waals surface area contributed by atoms with Gasteiger partial charge in [0.15, 0.2) is 0 Å². The summed E-state index contributed by atoms with van der Waals surface area (Å²) in [4.78, 5) is 14.7. The minimum atomic E-state index is 0.00343. The van der Waals surface area contributed by atoms with Crippen molar-refractivity contribution in [1.82, 2.24) is 10.2 Å². The SMILES string of the molecule is CC1=NN(c2ccc(C(=O)NC[C@@H](C)N3CCCC3)cc2)CC1. The van der Waals surface area contributed by atoms with Crippen LogP contribution in [0.1, 0.15) is 43.5 Å². The molecule has 1 fully saturated rings. The Labute approximate surface area is 138 Å². The minimum Gasteiger partial charge on any atom is -0.350 e. The number of nitrogens with zero attached hydrogens (tertiary/aromatic N) is 3. The molecule has 0 unspecified atom stereocenters. The highest BCUT2D eigenvalue weighted by molar-refractivity contribution is 5.94. The van der Waals surface area contributed by atoms with E-state index in [0.717, 1.165) is 37.5 Å². The summed E-state index contributed by atoms with van der Waals surface area (Å²) in [5.41, 5.74) is 2.91. The first-order valence-corrected chi connectivity index (χ1v) is 8.57. The van der Waals surface area contributed by atoms with Gasteiger partial charge in [0.25, 0.3) is 5.91 Å². The van der Waals surface area contributed by atoms with Crippen molar-refractivity contribution in [2.75, 3.05) is 31.2 Å². The highest BCUT2D eigenvalue weighted by Gasteiger charge is 2.19. The maximum atomic E-state index is 12.3. The van der Waals surface area contributed by atoms with Crippen LogP contribution >= 0.6 is 0 Å². The molecule has 1 atom stereocenters. The van der Waals surface area contributed by atoms with E-state index in [-0.39, 0.29) is 5.91 Å². The van der Waals surface area contributed by atoms with E-state index in [2.05, 4.69) is 22.2 Å². The molecule has 1 amide bonds. The molecule has 2 aliphatic heterocycles. The first-order chi connectivity index (χ1) is 11.1. The van der Waals surface area contributed by atoms with E-state index in [0.29, 0.717) is 18.2 Å². The Bertz CT molecular complexity index is 575. The molecule has 1 saturated heterocycles. The fraction of sp³-hybridized carbons (Fsp3) is 0.556. The lowest BCUT2D eigenvalue weighted by Gasteiger charge is -2.23. The lowest BCUT2D eigenvalue weighted by molar-refractivity contribution is 0.0940. The summed E-state index contributed by atoms with van der Waals surface area (Å²) < 4.78 is 0. The fourth-order valence-corrected chi connectivity index (χ4v) is 3.20. The molecule has 2 aliphatic rings. The molecule has 5 heteroatoms. The van der Waals surface area contributed by atoms with Gasteiger partial charge in [-0.05, 0) is 64.0 Å². The van der Waals surface area contributed by atoms with Crippen molar-refractivity contribution in [3.8, 4) is 0 Å². The molecule has 0 bridgehead atoms. The van der Waals surface area contributed by atoms with Crippen LogP contribution in [0.25, 0.3) is 0 Å². The molecule has 0 saturated carbocycles. The van der Waals surface area contributed by atoms with Crippen LogP contribution in [0.4, 0.5) is 5.69 Å². The first kappa shape index (κ1) is 16.0. The highest BCUT2D eigenvalue weighted by atomic mass is 16.1. The number of benzene rings is 1. The summed E-state index contributed by atoms with van der Waals surface area (Å²) in [6.45, 7) is 8.16. The first-order valence-electron chi connectivity index (χ1n) is 8.57. The van der Waals surface area contributed by atoms with Crippen LogP contribution in [0.15, 0.2) is 29.4 Å². The predicted molar refractivity (Wildman–Crippen MR) is 94.1 cm³/mol. The van der Waals surface area contributed by atoms with Crippen LogP contribution in [-0.2, 0) is 0 Å². The number of nitrogens with one attached hydrogen (secondary N) is 1. The molecule has 1 N–H and O–H groups in total. The second-order valence-electron chi connectivity index (χ2n) is 6.56. The Hall–Kier alpha value is -1.88. The monoisotopic (exact) mass is 314 g/mol. The quantitative estimate of drug-likeness (QED) is 0.908. The van der Waals surface area contributed by atoms with Crippen LogP contribution in [0, 0.1) is 0 Å². The van der Waals surface area contributed by atoms with Crippen molar-refractivity contribution in [1.29, 1.82) is 0 Å². The number of hydrazone groups is 1. The number of carbonyl (C=O) groups excluding carboxylic acids is 1. The Morgan fingerprint density at radius 3 is 2.52 bits per heavy atom. The zero-order valence-electron chi connectivity index (χ0n) is 14.1. The molecule has 3 rings (SSSR count). The summed E-state index contributed by atoms with van der Waals surface area (Å²) in [6.07, 6.45) is 3.56. The molecule has 2 heterocycles. The number of anilines is 1. The Morgan fingerprint density at radius 2 is 1.91 bits per heavy atom. The van der Waals surface area contributed by atoms with E-state index in [9.17, 15) is 4.79 Å². The van der Waals surface area contributed by atoms with E-state index >= 15 is 0 Å². The van der Waals surface area contributed by atoms with Crippen LogP contribution < -0.4 is 10.3 Å². The molecular weight excluding hydrogens is 288 g/mol. The molecule has 124 valence electrons. The highest BCUT2D eigenvalue weighted by Crippen LogP contribution is 2.20.